The van der Waals surface area contributed by atoms with E-state index in [4.69, 9.17) is 15.3 Å². The third kappa shape index (κ3) is 14.2. The molecule has 0 saturated heterocycles. The zero-order chi connectivity index (χ0) is 45.8. The Balaban J connectivity index is 0.000000136. The normalized spacial score (nSPS) is 10.3. The maximum Gasteiger partial charge on any atom is 0.116 e. The maximum atomic E-state index is 9.13. The number of phenols is 3. The van der Waals surface area contributed by atoms with Gasteiger partial charge in [0.25, 0.3) is 0 Å². The van der Waals surface area contributed by atoms with Crippen LogP contribution in [0.1, 0.15) is 49.9 Å². The lowest BCUT2D eigenvalue weighted by atomic mass is 10.0. The predicted molar refractivity (Wildman–Crippen MR) is 278 cm³/mol. The summed E-state index contributed by atoms with van der Waals surface area (Å²) in [6, 6.07) is 75.3. The number of fused-ring (bicyclic) bond motifs is 3. The van der Waals surface area contributed by atoms with Crippen molar-refractivity contribution in [3.8, 4) is 39.5 Å². The van der Waals surface area contributed by atoms with E-state index in [0.29, 0.717) is 17.2 Å². The van der Waals surface area contributed by atoms with Gasteiger partial charge in [-0.15, -0.1) is 0 Å². The van der Waals surface area contributed by atoms with Gasteiger partial charge in [-0.3, -0.25) is 0 Å². The van der Waals surface area contributed by atoms with E-state index in [2.05, 4.69) is 125 Å². The van der Waals surface area contributed by atoms with E-state index in [0.717, 1.165) is 58.0 Å². The topological polar surface area (TPSA) is 60.7 Å². The molecule has 10 aromatic carbocycles. The fraction of sp³-hybridized carbons (Fsp3) is 0.129. The van der Waals surface area contributed by atoms with Gasteiger partial charge in [-0.2, -0.15) is 0 Å². The molecule has 0 radical (unpaired) electrons. The summed E-state index contributed by atoms with van der Waals surface area (Å²) in [4.78, 5) is 0. The van der Waals surface area contributed by atoms with Gasteiger partial charge in [0.15, 0.2) is 0 Å². The molecule has 65 heavy (non-hydrogen) atoms. The molecular formula is C62H60O3. The Morgan fingerprint density at radius 3 is 0.631 bits per heavy atom. The summed E-state index contributed by atoms with van der Waals surface area (Å²) in [5, 5.41) is 34.1. The van der Waals surface area contributed by atoms with E-state index in [1.807, 2.05) is 91.0 Å². The number of aryl methyl sites for hydroxylation is 4. The highest BCUT2D eigenvalue weighted by Crippen LogP contribution is 2.24. The summed E-state index contributed by atoms with van der Waals surface area (Å²) >= 11 is 0. The van der Waals surface area contributed by atoms with Crippen molar-refractivity contribution in [2.75, 3.05) is 0 Å². The summed E-state index contributed by atoms with van der Waals surface area (Å²) < 4.78 is 0. The van der Waals surface area contributed by atoms with E-state index < -0.39 is 0 Å². The molecule has 0 spiro atoms. The number of rotatable bonds is 6. The highest BCUT2D eigenvalue weighted by molar-refractivity contribution is 5.85. The number of hydrogen-bond acceptors (Lipinski definition) is 3. The third-order valence-electron chi connectivity index (χ3n) is 11.3. The van der Waals surface area contributed by atoms with E-state index in [1.165, 1.54) is 44.5 Å². The smallest absolute Gasteiger partial charge is 0.116 e. The molecule has 3 N–H and O–H groups in total. The minimum absolute atomic E-state index is 0.323. The largest absolute Gasteiger partial charge is 0.508 e. The van der Waals surface area contributed by atoms with E-state index in [1.54, 1.807) is 36.4 Å². The monoisotopic (exact) mass is 852 g/mol. The average Bonchev–Trinajstić information content (AvgIpc) is 3.37. The van der Waals surface area contributed by atoms with Gasteiger partial charge in [0.05, 0.1) is 0 Å². The first kappa shape index (κ1) is 46.9. The van der Waals surface area contributed by atoms with Crippen molar-refractivity contribution < 1.29 is 15.3 Å². The predicted octanol–water partition coefficient (Wildman–Crippen LogP) is 16.6. The third-order valence-corrected chi connectivity index (χ3v) is 11.3. The van der Waals surface area contributed by atoms with Crippen molar-refractivity contribution in [1.29, 1.82) is 0 Å². The van der Waals surface area contributed by atoms with Gasteiger partial charge in [-0.05, 0) is 139 Å². The van der Waals surface area contributed by atoms with Gasteiger partial charge in [0, 0.05) is 0 Å². The molecule has 10 aromatic rings. The van der Waals surface area contributed by atoms with Crippen LogP contribution in [-0.4, -0.2) is 15.3 Å². The molecule has 326 valence electrons. The first-order valence-corrected chi connectivity index (χ1v) is 22.6. The molecule has 0 aliphatic rings. The zero-order valence-electron chi connectivity index (χ0n) is 38.0. The van der Waals surface area contributed by atoms with Gasteiger partial charge in [-0.25, -0.2) is 0 Å². The fourth-order valence-corrected chi connectivity index (χ4v) is 7.26. The second kappa shape index (κ2) is 24.3. The number of hydrogen-bond donors (Lipinski definition) is 3. The van der Waals surface area contributed by atoms with Crippen LogP contribution in [0.25, 0.3) is 54.6 Å². The number of aromatic hydroxyl groups is 3. The molecule has 0 bridgehead atoms. The molecule has 0 aliphatic carbocycles. The first-order valence-electron chi connectivity index (χ1n) is 22.6. The average molecular weight is 853 g/mol. The quantitative estimate of drug-likeness (QED) is 0.156. The van der Waals surface area contributed by atoms with Gasteiger partial charge in [0.1, 0.15) is 17.2 Å². The molecular weight excluding hydrogens is 793 g/mol. The molecule has 0 aliphatic heterocycles. The van der Waals surface area contributed by atoms with E-state index in [-0.39, 0.29) is 0 Å². The van der Waals surface area contributed by atoms with Crippen LogP contribution in [0.2, 0.25) is 0 Å². The lowest BCUT2D eigenvalue weighted by Gasteiger charge is -2.04. The molecule has 0 amide bonds. The molecule has 0 unspecified atom stereocenters. The molecule has 0 heterocycles. The Labute approximate surface area is 385 Å². The minimum atomic E-state index is 0.323. The Morgan fingerprint density at radius 1 is 0.231 bits per heavy atom. The van der Waals surface area contributed by atoms with Crippen LogP contribution in [0.4, 0.5) is 0 Å². The van der Waals surface area contributed by atoms with Crippen molar-refractivity contribution in [3.63, 3.8) is 0 Å². The number of benzene rings is 10. The molecule has 3 heteroatoms. The standard InChI is InChI=1S/2C16H18.3C10H8O/c2*1-3-13-5-9-15(10-6-13)16-11-7-14(4-2)8-12-16;3*11-10-6-5-8-3-1-2-4-9(8)7-10/h2*5-12H,3-4H2,1-2H3;3*1-7,11H. The molecule has 10 rings (SSSR count). The SMILES string of the molecule is CCc1ccc(-c2ccc(CC)cc2)cc1.CCc1ccc(-c2ccc(CC)cc2)cc1.Oc1ccc2ccccc2c1.Oc1ccc2ccccc2c1.Oc1ccc2ccccc2c1. The fourth-order valence-electron chi connectivity index (χ4n) is 7.26. The summed E-state index contributed by atoms with van der Waals surface area (Å²) in [5.74, 6) is 0.969. The van der Waals surface area contributed by atoms with Crippen molar-refractivity contribution in [2.24, 2.45) is 0 Å². The Morgan fingerprint density at radius 2 is 0.431 bits per heavy atom. The number of phenolic OH excluding ortho intramolecular Hbond substituents is 3. The Kier molecular flexibility index (Phi) is 17.5. The van der Waals surface area contributed by atoms with Crippen LogP contribution in [0.3, 0.4) is 0 Å². The van der Waals surface area contributed by atoms with Crippen LogP contribution in [0.5, 0.6) is 17.2 Å². The molecule has 0 saturated carbocycles. The highest BCUT2D eigenvalue weighted by Gasteiger charge is 2.00. The summed E-state index contributed by atoms with van der Waals surface area (Å²) in [5.41, 5.74) is 10.8. The Hall–Kier alpha value is -7.62. The van der Waals surface area contributed by atoms with Crippen LogP contribution in [0, 0.1) is 0 Å². The van der Waals surface area contributed by atoms with Crippen molar-refractivity contribution in [1.82, 2.24) is 0 Å². The van der Waals surface area contributed by atoms with Gasteiger partial charge in [-0.1, -0.05) is 216 Å². The van der Waals surface area contributed by atoms with Gasteiger partial charge < -0.3 is 15.3 Å². The van der Waals surface area contributed by atoms with Crippen LogP contribution in [0.15, 0.2) is 224 Å². The summed E-state index contributed by atoms with van der Waals surface area (Å²) in [6.07, 6.45) is 4.42. The summed E-state index contributed by atoms with van der Waals surface area (Å²) in [7, 11) is 0. The van der Waals surface area contributed by atoms with Crippen molar-refractivity contribution >= 4 is 32.3 Å². The van der Waals surface area contributed by atoms with Gasteiger partial charge in [0.2, 0.25) is 0 Å². The van der Waals surface area contributed by atoms with Crippen LogP contribution in [-0.2, 0) is 25.7 Å². The zero-order valence-corrected chi connectivity index (χ0v) is 38.0. The second-order valence-corrected chi connectivity index (χ2v) is 15.8. The minimum Gasteiger partial charge on any atom is -0.508 e. The lowest BCUT2D eigenvalue weighted by Crippen LogP contribution is -1.83. The molecule has 3 nitrogen and oxygen atoms in total. The Bertz CT molecular complexity index is 2600. The van der Waals surface area contributed by atoms with Crippen LogP contribution < -0.4 is 0 Å². The van der Waals surface area contributed by atoms with Crippen molar-refractivity contribution in [2.45, 2.75) is 53.4 Å². The maximum absolute atomic E-state index is 9.13. The van der Waals surface area contributed by atoms with Crippen LogP contribution >= 0.6 is 0 Å². The first-order chi connectivity index (χ1) is 31.7. The molecule has 0 fully saturated rings. The van der Waals surface area contributed by atoms with Gasteiger partial charge >= 0.3 is 0 Å². The second-order valence-electron chi connectivity index (χ2n) is 15.8. The molecule has 0 atom stereocenters. The van der Waals surface area contributed by atoms with E-state index >= 15 is 0 Å². The van der Waals surface area contributed by atoms with E-state index in [9.17, 15) is 0 Å². The lowest BCUT2D eigenvalue weighted by molar-refractivity contribution is 0.475. The molecule has 0 aromatic heterocycles. The summed E-state index contributed by atoms with van der Waals surface area (Å²) in [6.45, 7) is 8.74. The van der Waals surface area contributed by atoms with Crippen molar-refractivity contribution in [3.05, 3.63) is 247 Å². The highest BCUT2D eigenvalue weighted by atomic mass is 16.3.